The number of carbonyl (C=O) groups is 1. The van der Waals surface area contributed by atoms with Gasteiger partial charge in [-0.3, -0.25) is 4.98 Å². The van der Waals surface area contributed by atoms with Crippen LogP contribution in [-0.4, -0.2) is 16.1 Å². The summed E-state index contributed by atoms with van der Waals surface area (Å²) in [6.45, 7) is 6.14. The van der Waals surface area contributed by atoms with Crippen LogP contribution in [0.5, 0.6) is 0 Å². The Balaban J connectivity index is 2.62. The van der Waals surface area contributed by atoms with Crippen molar-refractivity contribution in [1.82, 2.24) is 4.98 Å². The molecule has 0 aliphatic heterocycles. The highest BCUT2D eigenvalue weighted by atomic mass is 16.4. The van der Waals surface area contributed by atoms with E-state index in [1.807, 2.05) is 19.1 Å². The molecule has 0 saturated heterocycles. The van der Waals surface area contributed by atoms with Crippen LogP contribution in [0.1, 0.15) is 41.3 Å². The van der Waals surface area contributed by atoms with Crippen LogP contribution in [-0.2, 0) is 0 Å². The van der Waals surface area contributed by atoms with E-state index in [0.29, 0.717) is 11.5 Å². The summed E-state index contributed by atoms with van der Waals surface area (Å²) in [7, 11) is 0. The first-order valence-electron chi connectivity index (χ1n) is 6.28. The minimum Gasteiger partial charge on any atom is -0.478 e. The molecule has 98 valence electrons. The van der Waals surface area contributed by atoms with E-state index in [4.69, 9.17) is 5.11 Å². The molecule has 0 radical (unpaired) electrons. The predicted octanol–water partition coefficient (Wildman–Crippen LogP) is 3.88. The Morgan fingerprint density at radius 2 is 2.00 bits per heavy atom. The molecule has 2 aromatic rings. The van der Waals surface area contributed by atoms with Crippen LogP contribution in [0.15, 0.2) is 36.7 Å². The van der Waals surface area contributed by atoms with E-state index in [2.05, 4.69) is 18.8 Å². The molecule has 0 spiro atoms. The highest BCUT2D eigenvalue weighted by molar-refractivity contribution is 5.90. The first kappa shape index (κ1) is 13.3. The average molecular weight is 255 g/mol. The van der Waals surface area contributed by atoms with Gasteiger partial charge in [0.1, 0.15) is 0 Å². The number of nitrogens with zero attached hydrogens (tertiary/aromatic N) is 1. The molecule has 0 aliphatic rings. The molecule has 0 bridgehead atoms. The van der Waals surface area contributed by atoms with Gasteiger partial charge in [0, 0.05) is 18.0 Å². The monoisotopic (exact) mass is 255 g/mol. The molecule has 1 aromatic heterocycles. The normalized spacial score (nSPS) is 10.7. The van der Waals surface area contributed by atoms with E-state index >= 15 is 0 Å². The van der Waals surface area contributed by atoms with Crippen LogP contribution >= 0.6 is 0 Å². The molecule has 1 heterocycles. The Hall–Kier alpha value is -2.16. The lowest BCUT2D eigenvalue weighted by Gasteiger charge is -2.13. The SMILES string of the molecule is Cc1cc(C(=O)O)cc(-c2cnccc2C(C)C)c1. The van der Waals surface area contributed by atoms with Crippen molar-refractivity contribution in [2.45, 2.75) is 26.7 Å². The zero-order valence-corrected chi connectivity index (χ0v) is 11.3. The number of hydrogen-bond acceptors (Lipinski definition) is 2. The predicted molar refractivity (Wildman–Crippen MR) is 75.5 cm³/mol. The Morgan fingerprint density at radius 3 is 2.63 bits per heavy atom. The van der Waals surface area contributed by atoms with Crippen LogP contribution in [0, 0.1) is 6.92 Å². The molecule has 19 heavy (non-hydrogen) atoms. The van der Waals surface area contributed by atoms with Gasteiger partial charge in [-0.2, -0.15) is 0 Å². The van der Waals surface area contributed by atoms with Crippen LogP contribution in [0.25, 0.3) is 11.1 Å². The second-order valence-electron chi connectivity index (χ2n) is 5.01. The number of aryl methyl sites for hydroxylation is 1. The number of carboxylic acids is 1. The molecule has 0 atom stereocenters. The van der Waals surface area contributed by atoms with Gasteiger partial charge in [-0.25, -0.2) is 4.79 Å². The number of hydrogen-bond donors (Lipinski definition) is 1. The summed E-state index contributed by atoms with van der Waals surface area (Å²) in [6, 6.07) is 7.37. The van der Waals surface area contributed by atoms with Gasteiger partial charge in [-0.15, -0.1) is 0 Å². The summed E-state index contributed by atoms with van der Waals surface area (Å²) in [5, 5.41) is 9.14. The molecule has 1 N–H and O–H groups in total. The van der Waals surface area contributed by atoms with Crippen molar-refractivity contribution < 1.29 is 9.90 Å². The van der Waals surface area contributed by atoms with Crippen molar-refractivity contribution in [3.63, 3.8) is 0 Å². The Kier molecular flexibility index (Phi) is 3.65. The fourth-order valence-electron chi connectivity index (χ4n) is 2.21. The van der Waals surface area contributed by atoms with E-state index in [1.54, 1.807) is 24.5 Å². The van der Waals surface area contributed by atoms with E-state index in [0.717, 1.165) is 16.7 Å². The standard InChI is InChI=1S/C16H17NO2/c1-10(2)14-4-5-17-9-15(14)12-6-11(3)7-13(8-12)16(18)19/h4-10H,1-3H3,(H,18,19). The summed E-state index contributed by atoms with van der Waals surface area (Å²) in [4.78, 5) is 15.3. The van der Waals surface area contributed by atoms with Gasteiger partial charge in [0.05, 0.1) is 5.56 Å². The van der Waals surface area contributed by atoms with Crippen LogP contribution in [0.3, 0.4) is 0 Å². The largest absolute Gasteiger partial charge is 0.478 e. The lowest BCUT2D eigenvalue weighted by atomic mass is 9.93. The zero-order chi connectivity index (χ0) is 14.0. The topological polar surface area (TPSA) is 50.2 Å². The first-order chi connectivity index (χ1) is 8.99. The molecule has 0 aliphatic carbocycles. The lowest BCUT2D eigenvalue weighted by molar-refractivity contribution is 0.0697. The molecular weight excluding hydrogens is 238 g/mol. The molecule has 3 heteroatoms. The van der Waals surface area contributed by atoms with Crippen molar-refractivity contribution in [3.05, 3.63) is 53.3 Å². The van der Waals surface area contributed by atoms with Gasteiger partial charge in [-0.05, 0) is 47.7 Å². The molecule has 3 nitrogen and oxygen atoms in total. The molecule has 0 fully saturated rings. The van der Waals surface area contributed by atoms with Gasteiger partial charge in [0.15, 0.2) is 0 Å². The number of pyridine rings is 1. The number of aromatic nitrogens is 1. The highest BCUT2D eigenvalue weighted by Crippen LogP contribution is 2.29. The fraction of sp³-hybridized carbons (Fsp3) is 0.250. The Labute approximate surface area is 112 Å². The van der Waals surface area contributed by atoms with E-state index in [-0.39, 0.29) is 0 Å². The summed E-state index contributed by atoms with van der Waals surface area (Å²) in [5.41, 5.74) is 4.34. The zero-order valence-electron chi connectivity index (χ0n) is 11.3. The maximum Gasteiger partial charge on any atom is 0.335 e. The van der Waals surface area contributed by atoms with E-state index in [9.17, 15) is 4.79 Å². The smallest absolute Gasteiger partial charge is 0.335 e. The third-order valence-electron chi connectivity index (χ3n) is 3.11. The number of rotatable bonds is 3. The van der Waals surface area contributed by atoms with Crippen LogP contribution < -0.4 is 0 Å². The molecular formula is C16H17NO2. The molecule has 2 rings (SSSR count). The maximum absolute atomic E-state index is 11.1. The summed E-state index contributed by atoms with van der Waals surface area (Å²) < 4.78 is 0. The minimum atomic E-state index is -0.903. The summed E-state index contributed by atoms with van der Waals surface area (Å²) in [5.74, 6) is -0.535. The maximum atomic E-state index is 11.1. The third-order valence-corrected chi connectivity index (χ3v) is 3.11. The van der Waals surface area contributed by atoms with Gasteiger partial charge >= 0.3 is 5.97 Å². The van der Waals surface area contributed by atoms with E-state index in [1.165, 1.54) is 5.56 Å². The quantitative estimate of drug-likeness (QED) is 0.905. The van der Waals surface area contributed by atoms with Gasteiger partial charge in [-0.1, -0.05) is 19.9 Å². The third kappa shape index (κ3) is 2.81. The van der Waals surface area contributed by atoms with Gasteiger partial charge in [0.2, 0.25) is 0 Å². The molecule has 1 aromatic carbocycles. The molecule has 0 unspecified atom stereocenters. The summed E-state index contributed by atoms with van der Waals surface area (Å²) in [6.07, 6.45) is 3.57. The fourth-order valence-corrected chi connectivity index (χ4v) is 2.21. The van der Waals surface area contributed by atoms with Crippen molar-refractivity contribution in [3.8, 4) is 11.1 Å². The second-order valence-corrected chi connectivity index (χ2v) is 5.01. The molecule has 0 saturated carbocycles. The van der Waals surface area contributed by atoms with Gasteiger partial charge in [0.25, 0.3) is 0 Å². The highest BCUT2D eigenvalue weighted by Gasteiger charge is 2.11. The minimum absolute atomic E-state index is 0.313. The average Bonchev–Trinajstić information content (AvgIpc) is 2.37. The molecule has 0 amide bonds. The van der Waals surface area contributed by atoms with E-state index < -0.39 is 5.97 Å². The van der Waals surface area contributed by atoms with Crippen molar-refractivity contribution >= 4 is 5.97 Å². The summed E-state index contributed by atoms with van der Waals surface area (Å²) >= 11 is 0. The first-order valence-corrected chi connectivity index (χ1v) is 6.28. The van der Waals surface area contributed by atoms with Crippen molar-refractivity contribution in [2.24, 2.45) is 0 Å². The second kappa shape index (κ2) is 5.22. The van der Waals surface area contributed by atoms with Gasteiger partial charge < -0.3 is 5.11 Å². The Bertz CT molecular complexity index is 618. The van der Waals surface area contributed by atoms with Crippen LogP contribution in [0.4, 0.5) is 0 Å². The lowest BCUT2D eigenvalue weighted by Crippen LogP contribution is -1.99. The van der Waals surface area contributed by atoms with Crippen LogP contribution in [0.2, 0.25) is 0 Å². The Morgan fingerprint density at radius 1 is 1.26 bits per heavy atom. The van der Waals surface area contributed by atoms with Crippen molar-refractivity contribution in [2.75, 3.05) is 0 Å². The number of carboxylic acid groups (broad SMARTS) is 1. The van der Waals surface area contributed by atoms with Crippen molar-refractivity contribution in [1.29, 1.82) is 0 Å². The number of benzene rings is 1. The number of aromatic carboxylic acids is 1.